The molecule has 2 bridgehead atoms. The van der Waals surface area contributed by atoms with Crippen LogP contribution in [-0.2, 0) is 4.74 Å². The van der Waals surface area contributed by atoms with Crippen molar-refractivity contribution in [1.29, 1.82) is 0 Å². The normalized spacial score (nSPS) is 21.1. The third-order valence-corrected chi connectivity index (χ3v) is 6.76. The molecule has 3 aliphatic heterocycles. The number of carbonyl (C=O) groups excluding carboxylic acids is 3. The predicted octanol–water partition coefficient (Wildman–Crippen LogP) is 2.31. The number of carbonyl (C=O) groups is 3. The van der Waals surface area contributed by atoms with Gasteiger partial charge in [0.15, 0.2) is 5.82 Å². The van der Waals surface area contributed by atoms with Gasteiger partial charge in [-0.3, -0.25) is 19.8 Å². The van der Waals surface area contributed by atoms with E-state index in [1.54, 1.807) is 6.07 Å². The Morgan fingerprint density at radius 3 is 2.71 bits per heavy atom. The van der Waals surface area contributed by atoms with E-state index in [4.69, 9.17) is 4.74 Å². The molecule has 2 saturated heterocycles. The molecule has 1 unspecified atom stereocenters. The maximum Gasteiger partial charge on any atom is 0.408 e. The summed E-state index contributed by atoms with van der Waals surface area (Å²) in [5.41, 5.74) is 0.658. The zero-order valence-corrected chi connectivity index (χ0v) is 20.4. The van der Waals surface area contributed by atoms with E-state index >= 15 is 0 Å². The second kappa shape index (κ2) is 10.1. The number of pyridine rings is 2. The van der Waals surface area contributed by atoms with Gasteiger partial charge in [-0.2, -0.15) is 13.2 Å². The molecule has 14 heteroatoms. The van der Waals surface area contributed by atoms with Gasteiger partial charge >= 0.3 is 12.2 Å². The Morgan fingerprint density at radius 1 is 1.16 bits per heavy atom. The van der Waals surface area contributed by atoms with Crippen LogP contribution in [0.25, 0.3) is 0 Å². The molecule has 38 heavy (non-hydrogen) atoms. The largest absolute Gasteiger partial charge is 0.408 e. The molecule has 0 spiro atoms. The number of anilines is 3. The number of rotatable bonds is 5. The van der Waals surface area contributed by atoms with Crippen molar-refractivity contribution in [1.82, 2.24) is 20.6 Å². The number of aromatic nitrogens is 2. The number of halogens is 3. The highest BCUT2D eigenvalue weighted by Crippen LogP contribution is 2.39. The fourth-order valence-corrected chi connectivity index (χ4v) is 4.68. The summed E-state index contributed by atoms with van der Waals surface area (Å²) in [6.45, 7) is 3.05. The second-order valence-corrected chi connectivity index (χ2v) is 9.43. The molecular formula is C24H26F3N7O4. The lowest BCUT2D eigenvalue weighted by Gasteiger charge is -2.35. The third kappa shape index (κ3) is 5.21. The smallest absolute Gasteiger partial charge is 0.379 e. The topological polar surface area (TPSA) is 129 Å². The molecule has 2 fully saturated rings. The summed E-state index contributed by atoms with van der Waals surface area (Å²) in [5.74, 6) is -1.02. The molecule has 3 atom stereocenters. The van der Waals surface area contributed by atoms with Gasteiger partial charge in [0.1, 0.15) is 17.6 Å². The Kier molecular flexibility index (Phi) is 6.82. The van der Waals surface area contributed by atoms with Crippen LogP contribution in [0.5, 0.6) is 0 Å². The molecule has 4 amide bonds. The quantitative estimate of drug-likeness (QED) is 0.538. The van der Waals surface area contributed by atoms with Crippen molar-refractivity contribution in [2.45, 2.75) is 44.1 Å². The van der Waals surface area contributed by atoms with Crippen LogP contribution in [0.2, 0.25) is 0 Å². The predicted molar refractivity (Wildman–Crippen MR) is 130 cm³/mol. The Balaban J connectivity index is 1.35. The Bertz CT molecular complexity index is 1250. The highest BCUT2D eigenvalue weighted by molar-refractivity contribution is 6.05. The van der Waals surface area contributed by atoms with E-state index in [-0.39, 0.29) is 35.3 Å². The highest BCUT2D eigenvalue weighted by atomic mass is 19.4. The number of fused-ring (bicyclic) bond motifs is 4. The fraction of sp³-hybridized carbons (Fsp3) is 0.458. The van der Waals surface area contributed by atoms with Gasteiger partial charge in [-0.15, -0.1) is 0 Å². The molecule has 2 aromatic rings. The number of alkyl halides is 3. The first-order valence-corrected chi connectivity index (χ1v) is 12.2. The van der Waals surface area contributed by atoms with E-state index in [9.17, 15) is 27.6 Å². The van der Waals surface area contributed by atoms with Gasteiger partial charge in [-0.1, -0.05) is 0 Å². The van der Waals surface area contributed by atoms with Gasteiger partial charge < -0.3 is 20.3 Å². The zero-order chi connectivity index (χ0) is 27.0. The summed E-state index contributed by atoms with van der Waals surface area (Å²) in [6.07, 6.45) is -1.85. The van der Waals surface area contributed by atoms with Crippen molar-refractivity contribution in [3.8, 4) is 0 Å². The molecule has 5 heterocycles. The van der Waals surface area contributed by atoms with Crippen LogP contribution in [0.1, 0.15) is 40.6 Å². The van der Waals surface area contributed by atoms with Gasteiger partial charge in [-0.05, 0) is 44.0 Å². The van der Waals surface area contributed by atoms with E-state index < -0.39 is 24.2 Å². The number of amides is 4. The average Bonchev–Trinajstić information content (AvgIpc) is 3.54. The Hall–Kier alpha value is -3.94. The van der Waals surface area contributed by atoms with Gasteiger partial charge in [0.25, 0.3) is 11.8 Å². The number of nitrogens with one attached hydrogen (secondary N) is 3. The molecule has 0 radical (unpaired) electrons. The van der Waals surface area contributed by atoms with Crippen molar-refractivity contribution < 1.29 is 32.3 Å². The molecule has 3 N–H and O–H groups in total. The fourth-order valence-electron chi connectivity index (χ4n) is 4.68. The van der Waals surface area contributed by atoms with Crippen LogP contribution in [-0.4, -0.2) is 78.4 Å². The summed E-state index contributed by atoms with van der Waals surface area (Å²) in [5, 5.41) is 7.46. The van der Waals surface area contributed by atoms with Gasteiger partial charge in [-0.25, -0.2) is 14.8 Å². The monoisotopic (exact) mass is 533 g/mol. The molecule has 5 rings (SSSR count). The van der Waals surface area contributed by atoms with Crippen molar-refractivity contribution in [2.75, 3.05) is 41.4 Å². The molecule has 11 nitrogen and oxygen atoms in total. The van der Waals surface area contributed by atoms with Crippen LogP contribution < -0.4 is 25.8 Å². The first-order chi connectivity index (χ1) is 18.1. The number of hydrogen-bond acceptors (Lipinski definition) is 7. The van der Waals surface area contributed by atoms with Crippen LogP contribution in [0.15, 0.2) is 30.5 Å². The lowest BCUT2D eigenvalue weighted by atomic mass is 10.1. The number of urea groups is 1. The summed E-state index contributed by atoms with van der Waals surface area (Å²) < 4.78 is 44.0. The molecule has 2 aromatic heterocycles. The molecule has 202 valence electrons. The molecule has 0 aromatic carbocycles. The summed E-state index contributed by atoms with van der Waals surface area (Å²) in [7, 11) is 0. The van der Waals surface area contributed by atoms with E-state index in [0.717, 1.165) is 13.3 Å². The van der Waals surface area contributed by atoms with Gasteiger partial charge in [0, 0.05) is 31.5 Å². The molecule has 0 aliphatic carbocycles. The molecular weight excluding hydrogens is 507 g/mol. The van der Waals surface area contributed by atoms with Gasteiger partial charge in [0.2, 0.25) is 0 Å². The molecule has 0 saturated carbocycles. The van der Waals surface area contributed by atoms with Gasteiger partial charge in [0.05, 0.1) is 24.4 Å². The van der Waals surface area contributed by atoms with Crippen LogP contribution >= 0.6 is 0 Å². The van der Waals surface area contributed by atoms with E-state index in [0.29, 0.717) is 44.0 Å². The summed E-state index contributed by atoms with van der Waals surface area (Å²) >= 11 is 0. The Labute approximate surface area is 215 Å². The first-order valence-electron chi connectivity index (χ1n) is 12.2. The van der Waals surface area contributed by atoms with E-state index in [1.165, 1.54) is 29.3 Å². The maximum atomic E-state index is 13.4. The minimum atomic E-state index is -4.61. The summed E-state index contributed by atoms with van der Waals surface area (Å²) in [4.78, 5) is 50.4. The van der Waals surface area contributed by atoms with Crippen LogP contribution in [0.4, 0.5) is 35.3 Å². The third-order valence-electron chi connectivity index (χ3n) is 6.76. The van der Waals surface area contributed by atoms with E-state index in [1.807, 2.05) is 10.2 Å². The first kappa shape index (κ1) is 25.7. The van der Waals surface area contributed by atoms with Crippen molar-refractivity contribution in [3.05, 3.63) is 41.7 Å². The van der Waals surface area contributed by atoms with E-state index in [2.05, 4.69) is 20.6 Å². The average molecular weight is 534 g/mol. The molecule has 3 aliphatic rings. The highest BCUT2D eigenvalue weighted by Gasteiger charge is 2.41. The number of ether oxygens (including phenoxy) is 1. The number of hydrogen-bond donors (Lipinski definition) is 3. The lowest BCUT2D eigenvalue weighted by Crippen LogP contribution is -2.49. The Morgan fingerprint density at radius 2 is 1.97 bits per heavy atom. The van der Waals surface area contributed by atoms with Crippen LogP contribution in [0, 0.1) is 0 Å². The summed E-state index contributed by atoms with van der Waals surface area (Å²) in [6, 6.07) is 2.89. The number of nitrogens with zero attached hydrogens (tertiary/aromatic N) is 4. The van der Waals surface area contributed by atoms with Crippen molar-refractivity contribution >= 4 is 35.2 Å². The zero-order valence-electron chi connectivity index (χ0n) is 20.4. The second-order valence-electron chi connectivity index (χ2n) is 9.43. The van der Waals surface area contributed by atoms with Crippen LogP contribution in [0.3, 0.4) is 0 Å². The van der Waals surface area contributed by atoms with Crippen molar-refractivity contribution in [2.24, 2.45) is 0 Å². The maximum absolute atomic E-state index is 13.4. The SMILES string of the molecule is C[C@@H](NC(=O)c1ccc2c(n1)N(C(=O)Nc1cc(C(=O)N[C@H]3CCOC3)ccn1)C1CCN2C1)C(F)(F)F. The minimum Gasteiger partial charge on any atom is -0.379 e. The van der Waals surface area contributed by atoms with Crippen molar-refractivity contribution in [3.63, 3.8) is 0 Å². The standard InChI is InChI=1S/C24H26F3N7O4/c1-13(24(25,26)27)29-22(36)17-2-3-18-20(31-17)34(16-5-8-33(18)11-16)23(37)32-19-10-14(4-7-28-19)21(35)30-15-6-9-38-12-15/h2-4,7,10,13,15-16H,5-6,8-9,11-12H2,1H3,(H,29,36)(H,30,35)(H,28,32,37)/t13-,15+,16?/m1/s1. The minimum absolute atomic E-state index is 0.0829. The lowest BCUT2D eigenvalue weighted by molar-refractivity contribution is -0.149.